The number of benzene rings is 2. The molecule has 3 nitrogen and oxygen atoms in total. The van der Waals surface area contributed by atoms with Crippen molar-refractivity contribution in [3.05, 3.63) is 59.7 Å². The molecular formula is C19H21F3N2O. The molecule has 2 aromatic carbocycles. The van der Waals surface area contributed by atoms with E-state index in [1.165, 1.54) is 12.1 Å². The minimum atomic E-state index is -4.41. The molecule has 6 heteroatoms. The van der Waals surface area contributed by atoms with Crippen molar-refractivity contribution in [3.63, 3.8) is 0 Å². The van der Waals surface area contributed by atoms with Crippen LogP contribution in [0.25, 0.3) is 0 Å². The molecule has 2 rings (SSSR count). The normalized spacial score (nSPS) is 11.4. The van der Waals surface area contributed by atoms with Crippen LogP contribution in [-0.4, -0.2) is 12.5 Å². The minimum Gasteiger partial charge on any atom is -0.385 e. The highest BCUT2D eigenvalue weighted by Crippen LogP contribution is 2.29. The Hall–Kier alpha value is -2.50. The number of carbonyl (C=O) groups excluding carboxylic acids is 1. The van der Waals surface area contributed by atoms with Gasteiger partial charge >= 0.3 is 6.18 Å². The van der Waals surface area contributed by atoms with Gasteiger partial charge in [-0.1, -0.05) is 13.8 Å². The van der Waals surface area contributed by atoms with Crippen molar-refractivity contribution in [2.45, 2.75) is 26.4 Å². The van der Waals surface area contributed by atoms with Gasteiger partial charge in [0.2, 0.25) is 0 Å². The zero-order chi connectivity index (χ0) is 18.4. The van der Waals surface area contributed by atoms with Gasteiger partial charge in [-0.05, 0) is 60.9 Å². The second-order valence-corrected chi connectivity index (χ2v) is 6.22. The summed E-state index contributed by atoms with van der Waals surface area (Å²) >= 11 is 0. The van der Waals surface area contributed by atoms with Crippen molar-refractivity contribution in [1.29, 1.82) is 0 Å². The summed E-state index contributed by atoms with van der Waals surface area (Å²) in [6, 6.07) is 11.3. The first kappa shape index (κ1) is 18.8. The van der Waals surface area contributed by atoms with Crippen LogP contribution in [0.2, 0.25) is 0 Å². The lowest BCUT2D eigenvalue weighted by atomic mass is 10.1. The van der Waals surface area contributed by atoms with E-state index in [-0.39, 0.29) is 5.56 Å². The van der Waals surface area contributed by atoms with E-state index in [0.717, 1.165) is 30.8 Å². The molecule has 0 aliphatic carbocycles. The number of hydrogen-bond acceptors (Lipinski definition) is 2. The van der Waals surface area contributed by atoms with Crippen LogP contribution >= 0.6 is 0 Å². The Labute approximate surface area is 145 Å². The Morgan fingerprint density at radius 2 is 1.52 bits per heavy atom. The third-order valence-electron chi connectivity index (χ3n) is 3.67. The van der Waals surface area contributed by atoms with Gasteiger partial charge in [0, 0.05) is 23.5 Å². The average Bonchev–Trinajstić information content (AvgIpc) is 2.55. The zero-order valence-corrected chi connectivity index (χ0v) is 14.2. The Morgan fingerprint density at radius 3 is 2.04 bits per heavy atom. The first-order valence-corrected chi connectivity index (χ1v) is 8.08. The summed E-state index contributed by atoms with van der Waals surface area (Å²) < 4.78 is 37.6. The van der Waals surface area contributed by atoms with Gasteiger partial charge in [0.25, 0.3) is 5.91 Å². The van der Waals surface area contributed by atoms with Crippen LogP contribution < -0.4 is 10.6 Å². The number of alkyl halides is 3. The van der Waals surface area contributed by atoms with Crippen LogP contribution in [0.3, 0.4) is 0 Å². The number of nitrogens with one attached hydrogen (secondary N) is 2. The van der Waals surface area contributed by atoms with Gasteiger partial charge in [-0.25, -0.2) is 0 Å². The van der Waals surface area contributed by atoms with Crippen LogP contribution in [0.15, 0.2) is 48.5 Å². The Kier molecular flexibility index (Phi) is 6.07. The van der Waals surface area contributed by atoms with E-state index >= 15 is 0 Å². The zero-order valence-electron chi connectivity index (χ0n) is 14.2. The number of halogens is 3. The van der Waals surface area contributed by atoms with E-state index in [1.54, 1.807) is 12.1 Å². The van der Waals surface area contributed by atoms with Crippen molar-refractivity contribution >= 4 is 17.3 Å². The smallest absolute Gasteiger partial charge is 0.385 e. The monoisotopic (exact) mass is 350 g/mol. The third kappa shape index (κ3) is 5.81. The summed E-state index contributed by atoms with van der Waals surface area (Å²) in [6.07, 6.45) is -3.35. The lowest BCUT2D eigenvalue weighted by Gasteiger charge is -2.10. The standard InChI is InChI=1S/C19H21F3N2O/c1-13(2)11-12-23-16-7-9-17(10-8-16)24-18(25)14-3-5-15(6-4-14)19(20,21)22/h3-10,13,23H,11-12H2,1-2H3,(H,24,25). The van der Waals surface area contributed by atoms with Crippen molar-refractivity contribution < 1.29 is 18.0 Å². The van der Waals surface area contributed by atoms with E-state index in [1.807, 2.05) is 12.1 Å². The summed E-state index contributed by atoms with van der Waals surface area (Å²) in [5.41, 5.74) is 0.931. The maximum absolute atomic E-state index is 12.5. The molecule has 0 radical (unpaired) electrons. The Morgan fingerprint density at radius 1 is 0.960 bits per heavy atom. The molecule has 0 fully saturated rings. The molecule has 0 aliphatic rings. The maximum Gasteiger partial charge on any atom is 0.416 e. The van der Waals surface area contributed by atoms with Crippen LogP contribution in [0.4, 0.5) is 24.5 Å². The van der Waals surface area contributed by atoms with Crippen LogP contribution in [0.1, 0.15) is 36.2 Å². The quantitative estimate of drug-likeness (QED) is 0.731. The van der Waals surface area contributed by atoms with Crippen LogP contribution in [0, 0.1) is 5.92 Å². The van der Waals surface area contributed by atoms with Gasteiger partial charge in [-0.3, -0.25) is 4.79 Å². The van der Waals surface area contributed by atoms with Crippen molar-refractivity contribution in [3.8, 4) is 0 Å². The van der Waals surface area contributed by atoms with Gasteiger partial charge in [-0.2, -0.15) is 13.2 Å². The van der Waals surface area contributed by atoms with Crippen LogP contribution in [0.5, 0.6) is 0 Å². The molecule has 134 valence electrons. The summed E-state index contributed by atoms with van der Waals surface area (Å²) in [5.74, 6) is 0.170. The second kappa shape index (κ2) is 8.05. The van der Waals surface area contributed by atoms with E-state index < -0.39 is 17.6 Å². The summed E-state index contributed by atoms with van der Waals surface area (Å²) in [7, 11) is 0. The molecular weight excluding hydrogens is 329 g/mol. The molecule has 0 aliphatic heterocycles. The van der Waals surface area contributed by atoms with Gasteiger partial charge in [0.15, 0.2) is 0 Å². The lowest BCUT2D eigenvalue weighted by Crippen LogP contribution is -2.13. The van der Waals surface area contributed by atoms with Gasteiger partial charge in [0.05, 0.1) is 5.56 Å². The van der Waals surface area contributed by atoms with Gasteiger partial charge in [-0.15, -0.1) is 0 Å². The predicted octanol–water partition coefficient (Wildman–Crippen LogP) is 5.42. The van der Waals surface area contributed by atoms with Gasteiger partial charge in [0.1, 0.15) is 0 Å². The first-order chi connectivity index (χ1) is 11.8. The molecule has 0 saturated heterocycles. The highest BCUT2D eigenvalue weighted by Gasteiger charge is 2.30. The van der Waals surface area contributed by atoms with Crippen molar-refractivity contribution in [2.24, 2.45) is 5.92 Å². The summed E-state index contributed by atoms with van der Waals surface area (Å²) in [6.45, 7) is 5.18. The van der Waals surface area contributed by atoms with E-state index in [4.69, 9.17) is 0 Å². The number of anilines is 2. The second-order valence-electron chi connectivity index (χ2n) is 6.22. The summed E-state index contributed by atoms with van der Waals surface area (Å²) in [4.78, 5) is 12.1. The molecule has 0 bridgehead atoms. The molecule has 0 aromatic heterocycles. The SMILES string of the molecule is CC(C)CCNc1ccc(NC(=O)c2ccc(C(F)(F)F)cc2)cc1. The van der Waals surface area contributed by atoms with E-state index in [2.05, 4.69) is 24.5 Å². The maximum atomic E-state index is 12.5. The number of rotatable bonds is 6. The summed E-state index contributed by atoms with van der Waals surface area (Å²) in [5, 5.41) is 5.96. The highest BCUT2D eigenvalue weighted by atomic mass is 19.4. The van der Waals surface area contributed by atoms with E-state index in [9.17, 15) is 18.0 Å². The lowest BCUT2D eigenvalue weighted by molar-refractivity contribution is -0.137. The fourth-order valence-electron chi connectivity index (χ4n) is 2.19. The van der Waals surface area contributed by atoms with E-state index in [0.29, 0.717) is 11.6 Å². The fourth-order valence-corrected chi connectivity index (χ4v) is 2.19. The number of amides is 1. The van der Waals surface area contributed by atoms with Crippen molar-refractivity contribution in [2.75, 3.05) is 17.2 Å². The number of hydrogen-bond donors (Lipinski definition) is 2. The third-order valence-corrected chi connectivity index (χ3v) is 3.67. The molecule has 2 aromatic rings. The average molecular weight is 350 g/mol. The largest absolute Gasteiger partial charge is 0.416 e. The molecule has 0 unspecified atom stereocenters. The molecule has 0 heterocycles. The van der Waals surface area contributed by atoms with Crippen molar-refractivity contribution in [1.82, 2.24) is 0 Å². The molecule has 0 spiro atoms. The molecule has 25 heavy (non-hydrogen) atoms. The topological polar surface area (TPSA) is 41.1 Å². The molecule has 2 N–H and O–H groups in total. The van der Waals surface area contributed by atoms with Crippen LogP contribution in [-0.2, 0) is 6.18 Å². The molecule has 1 amide bonds. The molecule has 0 atom stereocenters. The minimum absolute atomic E-state index is 0.173. The molecule has 0 saturated carbocycles. The Balaban J connectivity index is 1.94. The highest BCUT2D eigenvalue weighted by molar-refractivity contribution is 6.04. The predicted molar refractivity (Wildman–Crippen MR) is 93.8 cm³/mol. The first-order valence-electron chi connectivity index (χ1n) is 8.08. The number of carbonyl (C=O) groups is 1. The fraction of sp³-hybridized carbons (Fsp3) is 0.316. The van der Waals surface area contributed by atoms with Gasteiger partial charge < -0.3 is 10.6 Å². The Bertz CT molecular complexity index is 692.